The molecule has 1 N–H and O–H groups in total. The summed E-state index contributed by atoms with van der Waals surface area (Å²) in [6.45, 7) is 0. The average molecular weight is 208 g/mol. The number of carbonyl (C=O) groups is 1. The molecule has 1 aliphatic carbocycles. The molecule has 1 fully saturated rings. The number of hydrazone groups is 1. The minimum atomic E-state index is -0.0978. The van der Waals surface area contributed by atoms with Crippen molar-refractivity contribution >= 4 is 23.0 Å². The molecule has 0 radical (unpaired) electrons. The quantitative estimate of drug-likeness (QED) is 0.745. The summed E-state index contributed by atoms with van der Waals surface area (Å²) in [5.41, 5.74) is 3.71. The molecule has 0 bridgehead atoms. The molecule has 0 atom stereocenters. The fourth-order valence-electron chi connectivity index (χ4n) is 1.49. The maximum absolute atomic E-state index is 11.5. The maximum atomic E-state index is 11.5. The molecule has 0 aliphatic heterocycles. The van der Waals surface area contributed by atoms with Gasteiger partial charge < -0.3 is 0 Å². The fraction of sp³-hybridized carbons (Fsp3) is 0.400. The summed E-state index contributed by atoms with van der Waals surface area (Å²) in [7, 11) is 0. The first-order valence-electron chi connectivity index (χ1n) is 4.75. The minimum absolute atomic E-state index is 0.0978. The molecule has 0 aromatic carbocycles. The molecule has 1 heterocycles. The van der Waals surface area contributed by atoms with Crippen molar-refractivity contribution in [1.82, 2.24) is 5.43 Å². The van der Waals surface area contributed by atoms with Gasteiger partial charge in [0.05, 0.1) is 4.88 Å². The molecule has 1 amide bonds. The second-order valence-corrected chi connectivity index (χ2v) is 4.25. The zero-order valence-corrected chi connectivity index (χ0v) is 8.64. The van der Waals surface area contributed by atoms with Gasteiger partial charge in [0.2, 0.25) is 0 Å². The number of thiophene rings is 1. The van der Waals surface area contributed by atoms with Crippen LogP contribution in [0, 0.1) is 0 Å². The second kappa shape index (κ2) is 4.37. The van der Waals surface area contributed by atoms with Gasteiger partial charge in [0.25, 0.3) is 5.91 Å². The van der Waals surface area contributed by atoms with E-state index in [0.717, 1.165) is 18.6 Å². The maximum Gasteiger partial charge on any atom is 0.281 e. The number of nitrogens with zero attached hydrogens (tertiary/aromatic N) is 1. The highest BCUT2D eigenvalue weighted by Gasteiger charge is 2.09. The van der Waals surface area contributed by atoms with Crippen molar-refractivity contribution in [2.24, 2.45) is 5.10 Å². The van der Waals surface area contributed by atoms with Crippen molar-refractivity contribution in [2.45, 2.75) is 25.7 Å². The molecule has 0 spiro atoms. The predicted molar refractivity (Wildman–Crippen MR) is 57.7 cm³/mol. The molecular weight excluding hydrogens is 196 g/mol. The van der Waals surface area contributed by atoms with Crippen molar-refractivity contribution in [3.05, 3.63) is 22.4 Å². The van der Waals surface area contributed by atoms with Crippen LogP contribution in [0.1, 0.15) is 35.4 Å². The molecule has 1 saturated carbocycles. The first-order valence-corrected chi connectivity index (χ1v) is 5.63. The number of rotatable bonds is 2. The van der Waals surface area contributed by atoms with Crippen LogP contribution in [0.25, 0.3) is 0 Å². The zero-order chi connectivity index (χ0) is 9.80. The highest BCUT2D eigenvalue weighted by Crippen LogP contribution is 2.14. The summed E-state index contributed by atoms with van der Waals surface area (Å²) >= 11 is 1.43. The Morgan fingerprint density at radius 1 is 1.43 bits per heavy atom. The summed E-state index contributed by atoms with van der Waals surface area (Å²) in [5.74, 6) is -0.0978. The van der Waals surface area contributed by atoms with Crippen molar-refractivity contribution < 1.29 is 4.79 Å². The third-order valence-corrected chi connectivity index (χ3v) is 3.11. The van der Waals surface area contributed by atoms with Gasteiger partial charge in [-0.05, 0) is 37.1 Å². The molecule has 0 unspecified atom stereocenters. The van der Waals surface area contributed by atoms with E-state index in [9.17, 15) is 4.79 Å². The first kappa shape index (κ1) is 9.40. The Hall–Kier alpha value is -1.16. The topological polar surface area (TPSA) is 41.5 Å². The SMILES string of the molecule is O=C(NN=C1CCCC1)c1cccs1. The Morgan fingerprint density at radius 2 is 2.21 bits per heavy atom. The lowest BCUT2D eigenvalue weighted by Gasteiger charge is -1.97. The van der Waals surface area contributed by atoms with Gasteiger partial charge in [0.1, 0.15) is 0 Å². The van der Waals surface area contributed by atoms with E-state index in [4.69, 9.17) is 0 Å². The van der Waals surface area contributed by atoms with Crippen LogP contribution in [0.5, 0.6) is 0 Å². The van der Waals surface area contributed by atoms with Crippen LogP contribution >= 0.6 is 11.3 Å². The summed E-state index contributed by atoms with van der Waals surface area (Å²) in [6, 6.07) is 3.66. The first-order chi connectivity index (χ1) is 6.86. The molecule has 0 saturated heterocycles. The number of carbonyl (C=O) groups excluding carboxylic acids is 1. The van der Waals surface area contributed by atoms with E-state index in [-0.39, 0.29) is 5.91 Å². The van der Waals surface area contributed by atoms with E-state index < -0.39 is 0 Å². The molecule has 1 aromatic rings. The van der Waals surface area contributed by atoms with Gasteiger partial charge in [0.15, 0.2) is 0 Å². The summed E-state index contributed by atoms with van der Waals surface area (Å²) in [6.07, 6.45) is 4.47. The molecule has 3 nitrogen and oxygen atoms in total. The fourth-order valence-corrected chi connectivity index (χ4v) is 2.10. The molecule has 1 aromatic heterocycles. The Bertz CT molecular complexity index is 335. The van der Waals surface area contributed by atoms with Gasteiger partial charge in [-0.2, -0.15) is 5.10 Å². The van der Waals surface area contributed by atoms with Gasteiger partial charge in [-0.1, -0.05) is 6.07 Å². The third-order valence-electron chi connectivity index (χ3n) is 2.24. The summed E-state index contributed by atoms with van der Waals surface area (Å²) < 4.78 is 0. The zero-order valence-electron chi connectivity index (χ0n) is 7.82. The van der Waals surface area contributed by atoms with E-state index in [1.807, 2.05) is 11.4 Å². The van der Waals surface area contributed by atoms with Crippen molar-refractivity contribution in [1.29, 1.82) is 0 Å². The highest BCUT2D eigenvalue weighted by atomic mass is 32.1. The largest absolute Gasteiger partial charge is 0.281 e. The van der Waals surface area contributed by atoms with Crippen LogP contribution in [0.4, 0.5) is 0 Å². The minimum Gasteiger partial charge on any atom is -0.266 e. The highest BCUT2D eigenvalue weighted by molar-refractivity contribution is 7.12. The van der Waals surface area contributed by atoms with E-state index in [1.165, 1.54) is 24.2 Å². The van der Waals surface area contributed by atoms with E-state index >= 15 is 0 Å². The predicted octanol–water partition coefficient (Wildman–Crippen LogP) is 2.41. The van der Waals surface area contributed by atoms with Gasteiger partial charge in [-0.15, -0.1) is 11.3 Å². The summed E-state index contributed by atoms with van der Waals surface area (Å²) in [5, 5.41) is 5.99. The smallest absolute Gasteiger partial charge is 0.266 e. The molecule has 14 heavy (non-hydrogen) atoms. The van der Waals surface area contributed by atoms with Crippen LogP contribution in [0.15, 0.2) is 22.6 Å². The lowest BCUT2D eigenvalue weighted by molar-refractivity contribution is 0.0959. The molecule has 2 rings (SSSR count). The van der Waals surface area contributed by atoms with Crippen LogP contribution < -0.4 is 5.43 Å². The van der Waals surface area contributed by atoms with Gasteiger partial charge in [-0.3, -0.25) is 4.79 Å². The lowest BCUT2D eigenvalue weighted by Crippen LogP contribution is -2.17. The molecule has 1 aliphatic rings. The Kier molecular flexibility index (Phi) is 2.93. The van der Waals surface area contributed by atoms with Crippen LogP contribution in [-0.2, 0) is 0 Å². The van der Waals surface area contributed by atoms with Gasteiger partial charge in [0, 0.05) is 5.71 Å². The van der Waals surface area contributed by atoms with Crippen molar-refractivity contribution in [3.8, 4) is 0 Å². The monoisotopic (exact) mass is 208 g/mol. The van der Waals surface area contributed by atoms with Crippen LogP contribution in [0.2, 0.25) is 0 Å². The number of nitrogens with one attached hydrogen (secondary N) is 1. The van der Waals surface area contributed by atoms with Crippen LogP contribution in [0.3, 0.4) is 0 Å². The third kappa shape index (κ3) is 2.20. The van der Waals surface area contributed by atoms with Crippen LogP contribution in [-0.4, -0.2) is 11.6 Å². The number of amides is 1. The number of hydrogen-bond donors (Lipinski definition) is 1. The lowest BCUT2D eigenvalue weighted by atomic mass is 10.3. The second-order valence-electron chi connectivity index (χ2n) is 3.30. The number of hydrogen-bond acceptors (Lipinski definition) is 3. The van der Waals surface area contributed by atoms with Crippen molar-refractivity contribution in [3.63, 3.8) is 0 Å². The normalized spacial score (nSPS) is 15.6. The Morgan fingerprint density at radius 3 is 2.86 bits per heavy atom. The Labute approximate surface area is 86.8 Å². The van der Waals surface area contributed by atoms with E-state index in [0.29, 0.717) is 4.88 Å². The average Bonchev–Trinajstić information content (AvgIpc) is 2.87. The summed E-state index contributed by atoms with van der Waals surface area (Å²) in [4.78, 5) is 12.2. The molecular formula is C10H12N2OS. The Balaban J connectivity index is 1.92. The molecule has 74 valence electrons. The van der Waals surface area contributed by atoms with Gasteiger partial charge in [-0.25, -0.2) is 5.43 Å². The van der Waals surface area contributed by atoms with E-state index in [2.05, 4.69) is 10.5 Å². The molecule has 4 heteroatoms. The van der Waals surface area contributed by atoms with E-state index in [1.54, 1.807) is 6.07 Å². The standard InChI is InChI=1S/C10H12N2OS/c13-10(9-6-3-7-14-9)12-11-8-4-1-2-5-8/h3,6-7H,1-2,4-5H2,(H,12,13). The van der Waals surface area contributed by atoms with Gasteiger partial charge >= 0.3 is 0 Å². The van der Waals surface area contributed by atoms with Crippen molar-refractivity contribution in [2.75, 3.05) is 0 Å².